The molecule has 1 heterocycles. The highest BCUT2D eigenvalue weighted by Crippen LogP contribution is 2.35. The van der Waals surface area contributed by atoms with Gasteiger partial charge in [-0.2, -0.15) is 13.2 Å². The molecular weight excluding hydrogens is 291 g/mol. The van der Waals surface area contributed by atoms with Crippen LogP contribution in [0.15, 0.2) is 30.3 Å². The summed E-state index contributed by atoms with van der Waals surface area (Å²) < 4.78 is 37.6. The molecule has 2 aromatic rings. The number of benzene rings is 1. The second kappa shape index (κ2) is 5.20. The fourth-order valence-corrected chi connectivity index (χ4v) is 1.82. The number of hydrogen-bond acceptors (Lipinski definition) is 3. The molecule has 3 nitrogen and oxygen atoms in total. The lowest BCUT2D eigenvalue weighted by molar-refractivity contribution is -0.137. The van der Waals surface area contributed by atoms with Crippen molar-refractivity contribution in [3.05, 3.63) is 46.6 Å². The standard InChI is InChI=1S/C13H11ClF3N3/c1-7-2-4-10(18)12(19-7)20-11-5-3-8(6-9(11)14)13(15,16)17/h2-6H,18H2,1H3,(H,19,20). The molecule has 1 aromatic carbocycles. The second-order valence-electron chi connectivity index (χ2n) is 4.21. The van der Waals surface area contributed by atoms with Gasteiger partial charge in [0.1, 0.15) is 0 Å². The highest BCUT2D eigenvalue weighted by molar-refractivity contribution is 6.33. The van der Waals surface area contributed by atoms with Crippen LogP contribution in [0.4, 0.5) is 30.4 Å². The number of nitrogens with one attached hydrogen (secondary N) is 1. The van der Waals surface area contributed by atoms with Crippen molar-refractivity contribution >= 4 is 28.8 Å². The first-order chi connectivity index (χ1) is 9.27. The Morgan fingerprint density at radius 2 is 1.90 bits per heavy atom. The van der Waals surface area contributed by atoms with Crippen LogP contribution in [-0.2, 0) is 6.18 Å². The van der Waals surface area contributed by atoms with E-state index in [0.29, 0.717) is 17.2 Å². The Hall–Kier alpha value is -1.95. The molecule has 0 radical (unpaired) electrons. The Bertz CT molecular complexity index is 641. The highest BCUT2D eigenvalue weighted by Gasteiger charge is 2.30. The molecular formula is C13H11ClF3N3. The number of hydrogen-bond donors (Lipinski definition) is 2. The number of pyridine rings is 1. The summed E-state index contributed by atoms with van der Waals surface area (Å²) in [7, 11) is 0. The predicted molar refractivity (Wildman–Crippen MR) is 73.1 cm³/mol. The van der Waals surface area contributed by atoms with Gasteiger partial charge in [0, 0.05) is 5.69 Å². The second-order valence-corrected chi connectivity index (χ2v) is 4.62. The highest BCUT2D eigenvalue weighted by atomic mass is 35.5. The van der Waals surface area contributed by atoms with Gasteiger partial charge in [0.2, 0.25) is 0 Å². The van der Waals surface area contributed by atoms with Gasteiger partial charge in [-0.25, -0.2) is 4.98 Å². The van der Waals surface area contributed by atoms with Crippen LogP contribution in [0, 0.1) is 6.92 Å². The maximum Gasteiger partial charge on any atom is 0.416 e. The van der Waals surface area contributed by atoms with Gasteiger partial charge >= 0.3 is 6.18 Å². The smallest absolute Gasteiger partial charge is 0.396 e. The minimum atomic E-state index is -4.43. The van der Waals surface area contributed by atoms with Crippen molar-refractivity contribution in [1.82, 2.24) is 4.98 Å². The molecule has 2 rings (SSSR count). The number of aryl methyl sites for hydroxylation is 1. The normalized spacial score (nSPS) is 11.4. The van der Waals surface area contributed by atoms with E-state index in [1.54, 1.807) is 19.1 Å². The molecule has 0 saturated heterocycles. The maximum atomic E-state index is 12.5. The lowest BCUT2D eigenvalue weighted by Gasteiger charge is -2.12. The first-order valence-corrected chi connectivity index (χ1v) is 6.02. The molecule has 0 aliphatic carbocycles. The molecule has 0 atom stereocenters. The van der Waals surface area contributed by atoms with Gasteiger partial charge in [-0.1, -0.05) is 11.6 Å². The van der Waals surface area contributed by atoms with E-state index in [9.17, 15) is 13.2 Å². The molecule has 0 fully saturated rings. The Balaban J connectivity index is 2.33. The van der Waals surface area contributed by atoms with Crippen molar-refractivity contribution in [3.8, 4) is 0 Å². The third-order valence-corrected chi connectivity index (χ3v) is 2.93. The minimum Gasteiger partial charge on any atom is -0.396 e. The van der Waals surface area contributed by atoms with Crippen LogP contribution in [0.5, 0.6) is 0 Å². The number of aromatic nitrogens is 1. The molecule has 0 aliphatic rings. The van der Waals surface area contributed by atoms with Gasteiger partial charge in [0.05, 0.1) is 22.0 Å². The van der Waals surface area contributed by atoms with Gasteiger partial charge in [0.15, 0.2) is 5.82 Å². The van der Waals surface area contributed by atoms with Crippen LogP contribution >= 0.6 is 11.6 Å². The Morgan fingerprint density at radius 1 is 1.20 bits per heavy atom. The Kier molecular flexibility index (Phi) is 3.76. The maximum absolute atomic E-state index is 12.5. The molecule has 7 heteroatoms. The fraction of sp³-hybridized carbons (Fsp3) is 0.154. The summed E-state index contributed by atoms with van der Waals surface area (Å²) in [5, 5.41) is 2.77. The van der Waals surface area contributed by atoms with Crippen molar-refractivity contribution in [2.24, 2.45) is 0 Å². The van der Waals surface area contributed by atoms with Gasteiger partial charge in [-0.05, 0) is 37.3 Å². The number of anilines is 3. The predicted octanol–water partition coefficient (Wildman–Crippen LogP) is 4.39. The van der Waals surface area contributed by atoms with E-state index in [4.69, 9.17) is 17.3 Å². The topological polar surface area (TPSA) is 50.9 Å². The minimum absolute atomic E-state index is 0.0532. The van der Waals surface area contributed by atoms with Crippen molar-refractivity contribution in [2.75, 3.05) is 11.1 Å². The van der Waals surface area contributed by atoms with Gasteiger partial charge in [0.25, 0.3) is 0 Å². The van der Waals surface area contributed by atoms with E-state index in [0.717, 1.165) is 17.8 Å². The lowest BCUT2D eigenvalue weighted by Crippen LogP contribution is -2.06. The zero-order chi connectivity index (χ0) is 14.9. The van der Waals surface area contributed by atoms with Crippen molar-refractivity contribution in [1.29, 1.82) is 0 Å². The van der Waals surface area contributed by atoms with Crippen LogP contribution < -0.4 is 11.1 Å². The first kappa shape index (κ1) is 14.5. The average Bonchev–Trinajstić information content (AvgIpc) is 2.35. The largest absolute Gasteiger partial charge is 0.416 e. The number of halogens is 4. The molecule has 106 valence electrons. The molecule has 20 heavy (non-hydrogen) atoms. The molecule has 1 aromatic heterocycles. The summed E-state index contributed by atoms with van der Waals surface area (Å²) in [5.74, 6) is 0.353. The van der Waals surface area contributed by atoms with Crippen LogP contribution in [0.2, 0.25) is 5.02 Å². The van der Waals surface area contributed by atoms with Crippen LogP contribution in [-0.4, -0.2) is 4.98 Å². The van der Waals surface area contributed by atoms with Crippen molar-refractivity contribution < 1.29 is 13.2 Å². The molecule has 0 amide bonds. The molecule has 0 saturated carbocycles. The van der Waals surface area contributed by atoms with E-state index in [-0.39, 0.29) is 5.02 Å². The van der Waals surface area contributed by atoms with Crippen molar-refractivity contribution in [2.45, 2.75) is 13.1 Å². The Labute approximate surface area is 118 Å². The van der Waals surface area contributed by atoms with Crippen LogP contribution in [0.25, 0.3) is 0 Å². The number of rotatable bonds is 2. The molecule has 0 bridgehead atoms. The summed E-state index contributed by atoms with van der Waals surface area (Å²) in [6, 6.07) is 6.43. The zero-order valence-corrected chi connectivity index (χ0v) is 11.2. The number of nitrogen functional groups attached to an aromatic ring is 1. The van der Waals surface area contributed by atoms with E-state index < -0.39 is 11.7 Å². The third kappa shape index (κ3) is 3.14. The molecule has 0 unspecified atom stereocenters. The van der Waals surface area contributed by atoms with Crippen molar-refractivity contribution in [3.63, 3.8) is 0 Å². The molecule has 0 spiro atoms. The monoisotopic (exact) mass is 301 g/mol. The number of nitrogens with zero attached hydrogens (tertiary/aromatic N) is 1. The summed E-state index contributed by atoms with van der Waals surface area (Å²) >= 11 is 5.85. The molecule has 0 aliphatic heterocycles. The van der Waals surface area contributed by atoms with E-state index in [2.05, 4.69) is 10.3 Å². The van der Waals surface area contributed by atoms with E-state index in [1.165, 1.54) is 6.07 Å². The summed E-state index contributed by atoms with van der Waals surface area (Å²) in [6.07, 6.45) is -4.43. The van der Waals surface area contributed by atoms with Crippen LogP contribution in [0.1, 0.15) is 11.3 Å². The quantitative estimate of drug-likeness (QED) is 0.865. The fourth-order valence-electron chi connectivity index (χ4n) is 1.59. The summed E-state index contributed by atoms with van der Waals surface area (Å²) in [6.45, 7) is 1.78. The number of nitrogens with two attached hydrogens (primary N) is 1. The first-order valence-electron chi connectivity index (χ1n) is 5.64. The number of alkyl halides is 3. The summed E-state index contributed by atoms with van der Waals surface area (Å²) in [5.41, 5.74) is 6.35. The summed E-state index contributed by atoms with van der Waals surface area (Å²) in [4.78, 5) is 4.16. The average molecular weight is 302 g/mol. The lowest BCUT2D eigenvalue weighted by atomic mass is 10.2. The molecule has 3 N–H and O–H groups in total. The third-order valence-electron chi connectivity index (χ3n) is 2.62. The zero-order valence-electron chi connectivity index (χ0n) is 10.4. The van der Waals surface area contributed by atoms with Gasteiger partial charge < -0.3 is 11.1 Å². The van der Waals surface area contributed by atoms with Gasteiger partial charge in [-0.15, -0.1) is 0 Å². The van der Waals surface area contributed by atoms with E-state index >= 15 is 0 Å². The van der Waals surface area contributed by atoms with Gasteiger partial charge in [-0.3, -0.25) is 0 Å². The van der Waals surface area contributed by atoms with E-state index in [1.807, 2.05) is 0 Å². The van der Waals surface area contributed by atoms with Crippen LogP contribution in [0.3, 0.4) is 0 Å². The SMILES string of the molecule is Cc1ccc(N)c(Nc2ccc(C(F)(F)F)cc2Cl)n1. The Morgan fingerprint density at radius 3 is 2.50 bits per heavy atom.